The molecule has 0 heterocycles. The van der Waals surface area contributed by atoms with Crippen LogP contribution < -0.4 is 0 Å². The van der Waals surface area contributed by atoms with E-state index in [9.17, 15) is 16.8 Å². The van der Waals surface area contributed by atoms with E-state index in [-0.39, 0.29) is 6.42 Å². The van der Waals surface area contributed by atoms with Gasteiger partial charge in [0.25, 0.3) is 20.2 Å². The first kappa shape index (κ1) is 12.8. The molecule has 0 bridgehead atoms. The third-order valence-corrected chi connectivity index (χ3v) is 4.10. The van der Waals surface area contributed by atoms with E-state index >= 15 is 0 Å². The van der Waals surface area contributed by atoms with Crippen LogP contribution in [0.2, 0.25) is 0 Å². The molecule has 8 heteroatoms. The van der Waals surface area contributed by atoms with Gasteiger partial charge in [0.15, 0.2) is 0 Å². The molecule has 6 nitrogen and oxygen atoms in total. The highest BCUT2D eigenvalue weighted by atomic mass is 32.2. The second kappa shape index (κ2) is 3.91. The minimum Gasteiger partial charge on any atom is -0.285 e. The summed E-state index contributed by atoms with van der Waals surface area (Å²) >= 11 is 0. The van der Waals surface area contributed by atoms with Gasteiger partial charge in [0.1, 0.15) is 0 Å². The summed E-state index contributed by atoms with van der Waals surface area (Å²) in [5, 5.41) is -2.41. The lowest BCUT2D eigenvalue weighted by Crippen LogP contribution is -2.26. The Kier molecular flexibility index (Phi) is 3.85. The van der Waals surface area contributed by atoms with E-state index in [1.54, 1.807) is 0 Å². The molecule has 13 heavy (non-hydrogen) atoms. The summed E-state index contributed by atoms with van der Waals surface area (Å²) in [6, 6.07) is 0. The molecule has 80 valence electrons. The van der Waals surface area contributed by atoms with E-state index in [0.717, 1.165) is 13.8 Å². The Morgan fingerprint density at radius 1 is 0.923 bits per heavy atom. The highest BCUT2D eigenvalue weighted by Gasteiger charge is 2.26. The molecule has 0 rings (SSSR count). The van der Waals surface area contributed by atoms with Gasteiger partial charge in [0.2, 0.25) is 0 Å². The summed E-state index contributed by atoms with van der Waals surface area (Å²) in [7, 11) is -8.47. The lowest BCUT2D eigenvalue weighted by atomic mass is 10.3. The lowest BCUT2D eigenvalue weighted by molar-refractivity contribution is 0.452. The van der Waals surface area contributed by atoms with Crippen molar-refractivity contribution in [1.82, 2.24) is 0 Å². The Labute approximate surface area is 77.5 Å². The van der Waals surface area contributed by atoms with Gasteiger partial charge in [-0.1, -0.05) is 0 Å². The Morgan fingerprint density at radius 3 is 1.31 bits per heavy atom. The van der Waals surface area contributed by atoms with Gasteiger partial charge in [-0.05, 0) is 20.3 Å². The molecule has 0 fully saturated rings. The van der Waals surface area contributed by atoms with E-state index in [1.165, 1.54) is 0 Å². The maximum atomic E-state index is 10.5. The van der Waals surface area contributed by atoms with Crippen molar-refractivity contribution in [2.75, 3.05) is 0 Å². The van der Waals surface area contributed by atoms with Crippen LogP contribution >= 0.6 is 0 Å². The Morgan fingerprint density at radius 2 is 1.15 bits per heavy atom. The molecule has 0 aliphatic heterocycles. The molecule has 0 aromatic carbocycles. The second-order valence-electron chi connectivity index (χ2n) is 2.89. The second-order valence-corrected chi connectivity index (χ2v) is 6.56. The molecule has 0 aliphatic rings. The fourth-order valence-corrected chi connectivity index (χ4v) is 1.90. The van der Waals surface area contributed by atoms with Gasteiger partial charge in [-0.2, -0.15) is 16.8 Å². The van der Waals surface area contributed by atoms with Crippen LogP contribution in [0.25, 0.3) is 0 Å². The van der Waals surface area contributed by atoms with Crippen LogP contribution in [-0.4, -0.2) is 36.4 Å². The van der Waals surface area contributed by atoms with Crippen LogP contribution in [0.1, 0.15) is 20.3 Å². The fraction of sp³-hybridized carbons (Fsp3) is 1.00. The van der Waals surface area contributed by atoms with Gasteiger partial charge in [0.05, 0.1) is 10.5 Å². The first-order valence-electron chi connectivity index (χ1n) is 3.47. The molecule has 0 saturated carbocycles. The standard InChI is InChI=1S/C5H12O6S2/c1-4(12(6,7)8)3-5(2)13(9,10)11/h4-5H,3H2,1-2H3,(H,6,7,8)(H,9,10,11). The van der Waals surface area contributed by atoms with E-state index in [0.29, 0.717) is 0 Å². The van der Waals surface area contributed by atoms with Crippen molar-refractivity contribution in [2.24, 2.45) is 0 Å². The monoisotopic (exact) mass is 232 g/mol. The maximum Gasteiger partial charge on any atom is 0.267 e. The first-order chi connectivity index (χ1) is 5.55. The van der Waals surface area contributed by atoms with E-state index in [1.807, 2.05) is 0 Å². The summed E-state index contributed by atoms with van der Waals surface area (Å²) in [5.41, 5.74) is 0. The largest absolute Gasteiger partial charge is 0.285 e. The highest BCUT2D eigenvalue weighted by Crippen LogP contribution is 2.11. The van der Waals surface area contributed by atoms with Crippen LogP contribution in [0.5, 0.6) is 0 Å². The number of hydrogen-bond acceptors (Lipinski definition) is 4. The molecule has 0 saturated heterocycles. The molecule has 0 aromatic heterocycles. The normalized spacial score (nSPS) is 18.2. The SMILES string of the molecule is CC(CC(C)S(=O)(=O)O)S(=O)(=O)O. The molecular formula is C5H12O6S2. The zero-order chi connectivity index (χ0) is 10.9. The van der Waals surface area contributed by atoms with Crippen molar-refractivity contribution in [3.05, 3.63) is 0 Å². The quantitative estimate of drug-likeness (QED) is 0.657. The molecule has 0 spiro atoms. The predicted molar refractivity (Wildman–Crippen MR) is 46.6 cm³/mol. The van der Waals surface area contributed by atoms with E-state index < -0.39 is 30.7 Å². The van der Waals surface area contributed by atoms with Gasteiger partial charge < -0.3 is 0 Å². The maximum absolute atomic E-state index is 10.5. The zero-order valence-corrected chi connectivity index (χ0v) is 8.84. The highest BCUT2D eigenvalue weighted by molar-refractivity contribution is 7.87. The van der Waals surface area contributed by atoms with Crippen LogP contribution in [-0.2, 0) is 20.2 Å². The Hall–Kier alpha value is -0.180. The summed E-state index contributed by atoms with van der Waals surface area (Å²) in [6.45, 7) is 2.33. The molecular weight excluding hydrogens is 220 g/mol. The van der Waals surface area contributed by atoms with Crippen LogP contribution in [0, 0.1) is 0 Å². The van der Waals surface area contributed by atoms with Gasteiger partial charge in [0, 0.05) is 0 Å². The molecule has 0 amide bonds. The van der Waals surface area contributed by atoms with E-state index in [4.69, 9.17) is 9.11 Å². The molecule has 2 N–H and O–H groups in total. The molecule has 0 aliphatic carbocycles. The Balaban J connectivity index is 4.50. The molecule has 2 atom stereocenters. The smallest absolute Gasteiger partial charge is 0.267 e. The van der Waals surface area contributed by atoms with Crippen molar-refractivity contribution < 1.29 is 25.9 Å². The van der Waals surface area contributed by atoms with Crippen LogP contribution in [0.15, 0.2) is 0 Å². The van der Waals surface area contributed by atoms with Crippen LogP contribution in [0.3, 0.4) is 0 Å². The van der Waals surface area contributed by atoms with E-state index in [2.05, 4.69) is 0 Å². The fourth-order valence-electron chi connectivity index (χ4n) is 0.711. The Bertz CT molecular complexity index is 316. The lowest BCUT2D eigenvalue weighted by Gasteiger charge is -2.11. The van der Waals surface area contributed by atoms with Gasteiger partial charge in [-0.3, -0.25) is 9.11 Å². The third-order valence-electron chi connectivity index (χ3n) is 1.68. The summed E-state index contributed by atoms with van der Waals surface area (Å²) in [4.78, 5) is 0. The average Bonchev–Trinajstić information content (AvgIpc) is 1.82. The summed E-state index contributed by atoms with van der Waals surface area (Å²) in [5.74, 6) is 0. The van der Waals surface area contributed by atoms with Crippen molar-refractivity contribution in [2.45, 2.75) is 30.8 Å². The summed E-state index contributed by atoms with van der Waals surface area (Å²) < 4.78 is 58.9. The third kappa shape index (κ3) is 4.55. The molecule has 0 aromatic rings. The number of rotatable bonds is 4. The summed E-state index contributed by atoms with van der Waals surface area (Å²) in [6.07, 6.45) is -0.336. The van der Waals surface area contributed by atoms with Gasteiger partial charge in [-0.25, -0.2) is 0 Å². The van der Waals surface area contributed by atoms with Crippen LogP contribution in [0.4, 0.5) is 0 Å². The number of hydrogen-bond donors (Lipinski definition) is 2. The molecule has 2 unspecified atom stereocenters. The topological polar surface area (TPSA) is 109 Å². The predicted octanol–water partition coefficient (Wildman–Crippen LogP) is -0.0709. The van der Waals surface area contributed by atoms with Gasteiger partial charge in [-0.15, -0.1) is 0 Å². The molecule has 0 radical (unpaired) electrons. The van der Waals surface area contributed by atoms with Crippen molar-refractivity contribution in [3.8, 4) is 0 Å². The average molecular weight is 232 g/mol. The van der Waals surface area contributed by atoms with Crippen molar-refractivity contribution in [1.29, 1.82) is 0 Å². The van der Waals surface area contributed by atoms with Gasteiger partial charge >= 0.3 is 0 Å². The minimum absolute atomic E-state index is 0.336. The first-order valence-corrected chi connectivity index (χ1v) is 6.48. The zero-order valence-electron chi connectivity index (χ0n) is 7.21. The van der Waals surface area contributed by atoms with Crippen molar-refractivity contribution >= 4 is 20.2 Å². The minimum atomic E-state index is -4.23. The van der Waals surface area contributed by atoms with Crippen molar-refractivity contribution in [3.63, 3.8) is 0 Å².